The Morgan fingerprint density at radius 3 is 2.88 bits per heavy atom. The monoisotopic (exact) mass is 284 g/mol. The zero-order chi connectivity index (χ0) is 11.6. The molecule has 0 bridgehead atoms. The lowest BCUT2D eigenvalue weighted by molar-refractivity contribution is -0.0279. The number of morpholine rings is 1. The first-order valence-electron chi connectivity index (χ1n) is 5.50. The number of hydrogen-bond acceptors (Lipinski definition) is 3. The number of pyridine rings is 1. The van der Waals surface area contributed by atoms with Crippen molar-refractivity contribution in [1.82, 2.24) is 4.98 Å². The van der Waals surface area contributed by atoms with Gasteiger partial charge in [0.05, 0.1) is 12.2 Å². The molecule has 0 radical (unpaired) electrons. The number of alkyl halides is 1. The predicted molar refractivity (Wildman–Crippen MR) is 69.1 cm³/mol. The highest BCUT2D eigenvalue weighted by Crippen LogP contribution is 2.21. The maximum absolute atomic E-state index is 5.68. The Morgan fingerprint density at radius 1 is 1.50 bits per heavy atom. The smallest absolute Gasteiger partial charge is 0.128 e. The number of ether oxygens (including phenoxy) is 1. The van der Waals surface area contributed by atoms with E-state index in [4.69, 9.17) is 4.74 Å². The molecule has 0 aromatic carbocycles. The van der Waals surface area contributed by atoms with Crippen LogP contribution in [0.15, 0.2) is 18.3 Å². The van der Waals surface area contributed by atoms with Crippen LogP contribution in [-0.2, 0) is 10.1 Å². The Hall–Kier alpha value is -0.610. The van der Waals surface area contributed by atoms with Crippen LogP contribution in [0.25, 0.3) is 0 Å². The maximum atomic E-state index is 5.68. The number of rotatable bonds is 2. The second-order valence-corrected chi connectivity index (χ2v) is 5.25. The highest BCUT2D eigenvalue weighted by atomic mass is 79.9. The Balaban J connectivity index is 2.11. The Bertz CT molecular complexity index is 351. The van der Waals surface area contributed by atoms with Gasteiger partial charge in [-0.25, -0.2) is 4.98 Å². The molecule has 1 fully saturated rings. The molecule has 0 saturated carbocycles. The van der Waals surface area contributed by atoms with Gasteiger partial charge in [0.25, 0.3) is 0 Å². The summed E-state index contributed by atoms with van der Waals surface area (Å²) in [5.41, 5.74) is 1.13. The lowest BCUT2D eigenvalue weighted by Crippen LogP contribution is -2.48. The van der Waals surface area contributed by atoms with E-state index in [2.05, 4.69) is 51.8 Å². The minimum absolute atomic E-state index is 0.0754. The van der Waals surface area contributed by atoms with E-state index in [-0.39, 0.29) is 5.60 Å². The third-order valence-electron chi connectivity index (χ3n) is 2.71. The summed E-state index contributed by atoms with van der Waals surface area (Å²) in [6, 6.07) is 4.19. The van der Waals surface area contributed by atoms with Crippen molar-refractivity contribution in [3.8, 4) is 0 Å². The fourth-order valence-electron chi connectivity index (χ4n) is 1.89. The van der Waals surface area contributed by atoms with Gasteiger partial charge in [-0.05, 0) is 25.5 Å². The summed E-state index contributed by atoms with van der Waals surface area (Å²) >= 11 is 3.42. The van der Waals surface area contributed by atoms with Gasteiger partial charge >= 0.3 is 0 Å². The van der Waals surface area contributed by atoms with E-state index in [1.54, 1.807) is 0 Å². The first-order valence-corrected chi connectivity index (χ1v) is 6.63. The normalized spacial score (nSPS) is 19.8. The van der Waals surface area contributed by atoms with Crippen LogP contribution >= 0.6 is 15.9 Å². The molecule has 2 heterocycles. The van der Waals surface area contributed by atoms with Crippen LogP contribution in [0, 0.1) is 0 Å². The molecular weight excluding hydrogens is 268 g/mol. The van der Waals surface area contributed by atoms with Crippen molar-refractivity contribution in [2.24, 2.45) is 0 Å². The van der Waals surface area contributed by atoms with E-state index in [0.29, 0.717) is 0 Å². The molecule has 1 saturated heterocycles. The highest BCUT2D eigenvalue weighted by Gasteiger charge is 2.27. The molecule has 0 N–H and O–H groups in total. The van der Waals surface area contributed by atoms with Crippen molar-refractivity contribution < 1.29 is 4.74 Å². The second kappa shape index (κ2) is 4.72. The van der Waals surface area contributed by atoms with Crippen molar-refractivity contribution in [3.63, 3.8) is 0 Å². The van der Waals surface area contributed by atoms with Crippen LogP contribution < -0.4 is 4.90 Å². The Labute approximate surface area is 105 Å². The van der Waals surface area contributed by atoms with Gasteiger partial charge in [-0.1, -0.05) is 22.0 Å². The van der Waals surface area contributed by atoms with Gasteiger partial charge in [-0.3, -0.25) is 0 Å². The van der Waals surface area contributed by atoms with Crippen molar-refractivity contribution in [2.75, 3.05) is 24.6 Å². The lowest BCUT2D eigenvalue weighted by atomic mass is 10.1. The van der Waals surface area contributed by atoms with Gasteiger partial charge in [0.2, 0.25) is 0 Å². The number of anilines is 1. The summed E-state index contributed by atoms with van der Waals surface area (Å²) in [6.45, 7) is 6.82. The van der Waals surface area contributed by atoms with Gasteiger partial charge < -0.3 is 9.64 Å². The Morgan fingerprint density at radius 2 is 2.31 bits per heavy atom. The minimum Gasteiger partial charge on any atom is -0.372 e. The molecule has 0 aliphatic carbocycles. The van der Waals surface area contributed by atoms with E-state index in [1.807, 2.05) is 6.20 Å². The standard InChI is InChI=1S/C12H17BrN2O/c1-12(2)9-15(5-6-16-12)11-4-3-10(7-13)8-14-11/h3-4,8H,5-7,9H2,1-2H3. The summed E-state index contributed by atoms with van der Waals surface area (Å²) in [5.74, 6) is 1.04. The van der Waals surface area contributed by atoms with E-state index in [9.17, 15) is 0 Å². The first-order chi connectivity index (χ1) is 7.61. The quantitative estimate of drug-likeness (QED) is 0.781. The summed E-state index contributed by atoms with van der Waals surface area (Å²) in [4.78, 5) is 6.76. The van der Waals surface area contributed by atoms with Crippen LogP contribution in [0.3, 0.4) is 0 Å². The van der Waals surface area contributed by atoms with E-state index < -0.39 is 0 Å². The zero-order valence-corrected chi connectivity index (χ0v) is 11.3. The molecule has 0 spiro atoms. The molecule has 88 valence electrons. The molecule has 0 amide bonds. The van der Waals surface area contributed by atoms with Gasteiger partial charge in [-0.15, -0.1) is 0 Å². The molecule has 2 rings (SSSR count). The van der Waals surface area contributed by atoms with Gasteiger partial charge in [0.1, 0.15) is 5.82 Å². The fourth-order valence-corrected chi connectivity index (χ4v) is 2.23. The van der Waals surface area contributed by atoms with E-state index in [1.165, 1.54) is 5.56 Å². The van der Waals surface area contributed by atoms with Crippen LogP contribution in [0.4, 0.5) is 5.82 Å². The Kier molecular flexibility index (Phi) is 3.50. The number of nitrogens with zero attached hydrogens (tertiary/aromatic N) is 2. The highest BCUT2D eigenvalue weighted by molar-refractivity contribution is 9.08. The zero-order valence-electron chi connectivity index (χ0n) is 9.74. The van der Waals surface area contributed by atoms with Gasteiger partial charge in [0.15, 0.2) is 0 Å². The van der Waals surface area contributed by atoms with Gasteiger partial charge in [-0.2, -0.15) is 0 Å². The molecule has 1 aromatic heterocycles. The van der Waals surface area contributed by atoms with Crippen LogP contribution in [-0.4, -0.2) is 30.3 Å². The molecule has 0 unspecified atom stereocenters. The average Bonchev–Trinajstić information content (AvgIpc) is 2.28. The molecule has 1 aromatic rings. The topological polar surface area (TPSA) is 25.4 Å². The summed E-state index contributed by atoms with van der Waals surface area (Å²) in [7, 11) is 0. The van der Waals surface area contributed by atoms with E-state index >= 15 is 0 Å². The third kappa shape index (κ3) is 2.74. The maximum Gasteiger partial charge on any atom is 0.128 e. The molecule has 1 aliphatic rings. The molecule has 0 atom stereocenters. The van der Waals surface area contributed by atoms with E-state index in [0.717, 1.165) is 30.8 Å². The minimum atomic E-state index is -0.0754. The second-order valence-electron chi connectivity index (χ2n) is 4.69. The first kappa shape index (κ1) is 11.9. The van der Waals surface area contributed by atoms with Crippen LogP contribution in [0.5, 0.6) is 0 Å². The molecular formula is C12H17BrN2O. The van der Waals surface area contributed by atoms with Crippen molar-refractivity contribution in [3.05, 3.63) is 23.9 Å². The summed E-state index contributed by atoms with van der Waals surface area (Å²) in [6.07, 6.45) is 1.92. The third-order valence-corrected chi connectivity index (χ3v) is 3.36. The lowest BCUT2D eigenvalue weighted by Gasteiger charge is -2.38. The molecule has 1 aliphatic heterocycles. The van der Waals surface area contributed by atoms with Crippen LogP contribution in [0.1, 0.15) is 19.4 Å². The largest absolute Gasteiger partial charge is 0.372 e. The van der Waals surface area contributed by atoms with Crippen molar-refractivity contribution in [2.45, 2.75) is 24.8 Å². The van der Waals surface area contributed by atoms with Gasteiger partial charge in [0, 0.05) is 24.6 Å². The SMILES string of the molecule is CC1(C)CN(c2ccc(CBr)cn2)CCO1. The fraction of sp³-hybridized carbons (Fsp3) is 0.583. The van der Waals surface area contributed by atoms with Crippen LogP contribution in [0.2, 0.25) is 0 Å². The summed E-state index contributed by atoms with van der Waals surface area (Å²) in [5, 5.41) is 0.856. The van der Waals surface area contributed by atoms with Crippen molar-refractivity contribution in [1.29, 1.82) is 0 Å². The average molecular weight is 285 g/mol. The number of hydrogen-bond donors (Lipinski definition) is 0. The number of halogens is 1. The molecule has 3 nitrogen and oxygen atoms in total. The number of aromatic nitrogens is 1. The summed E-state index contributed by atoms with van der Waals surface area (Å²) < 4.78 is 5.68. The predicted octanol–water partition coefficient (Wildman–Crippen LogP) is 2.59. The van der Waals surface area contributed by atoms with Crippen molar-refractivity contribution >= 4 is 21.7 Å². The molecule has 16 heavy (non-hydrogen) atoms. The molecule has 4 heteroatoms.